The number of nitrogens with two attached hydrogens (primary N) is 1. The topological polar surface area (TPSA) is 48.1 Å². The zero-order valence-electron chi connectivity index (χ0n) is 9.57. The van der Waals surface area contributed by atoms with E-state index in [1.807, 2.05) is 6.07 Å². The first-order valence-corrected chi connectivity index (χ1v) is 6.22. The predicted molar refractivity (Wildman–Crippen MR) is 73.5 cm³/mol. The van der Waals surface area contributed by atoms with Gasteiger partial charge in [-0.3, -0.25) is 0 Å². The van der Waals surface area contributed by atoms with E-state index < -0.39 is 0 Å². The van der Waals surface area contributed by atoms with Crippen molar-refractivity contribution in [3.05, 3.63) is 52.1 Å². The highest BCUT2D eigenvalue weighted by molar-refractivity contribution is 6.35. The maximum absolute atomic E-state index is 6.01. The van der Waals surface area contributed by atoms with Crippen LogP contribution in [0.3, 0.4) is 0 Å². The molecule has 0 fully saturated rings. The maximum Gasteiger partial charge on any atom is 0.219 e. The Bertz CT molecular complexity index is 529. The van der Waals surface area contributed by atoms with Crippen LogP contribution in [0, 0.1) is 0 Å². The van der Waals surface area contributed by atoms with Gasteiger partial charge in [0.1, 0.15) is 5.75 Å². The molecule has 0 aliphatic rings. The van der Waals surface area contributed by atoms with Crippen LogP contribution in [0.15, 0.2) is 36.5 Å². The van der Waals surface area contributed by atoms with Crippen LogP contribution >= 0.6 is 23.2 Å². The first-order valence-electron chi connectivity index (χ1n) is 5.47. The van der Waals surface area contributed by atoms with Crippen LogP contribution in [0.2, 0.25) is 10.0 Å². The lowest BCUT2D eigenvalue weighted by Gasteiger charge is -2.07. The average molecular weight is 283 g/mol. The Labute approximate surface area is 115 Å². The van der Waals surface area contributed by atoms with Gasteiger partial charge >= 0.3 is 0 Å². The first kappa shape index (κ1) is 13.1. The molecule has 5 heteroatoms. The van der Waals surface area contributed by atoms with Gasteiger partial charge in [0.25, 0.3) is 0 Å². The van der Waals surface area contributed by atoms with E-state index in [1.165, 1.54) is 0 Å². The van der Waals surface area contributed by atoms with Gasteiger partial charge in [0.15, 0.2) is 0 Å². The first-order chi connectivity index (χ1) is 8.69. The molecule has 0 saturated carbocycles. The second-order valence-electron chi connectivity index (χ2n) is 3.72. The summed E-state index contributed by atoms with van der Waals surface area (Å²) in [4.78, 5) is 4.19. The highest BCUT2D eigenvalue weighted by atomic mass is 35.5. The Hall–Kier alpha value is -1.29. The molecule has 0 bridgehead atoms. The average Bonchev–Trinajstić information content (AvgIpc) is 2.35. The lowest BCUT2D eigenvalue weighted by Crippen LogP contribution is -2.02. The summed E-state index contributed by atoms with van der Waals surface area (Å²) >= 11 is 11.8. The van der Waals surface area contributed by atoms with Crippen molar-refractivity contribution in [1.82, 2.24) is 4.98 Å². The van der Waals surface area contributed by atoms with E-state index in [0.29, 0.717) is 28.2 Å². The number of hydrogen-bond donors (Lipinski definition) is 1. The molecule has 1 aromatic heterocycles. The van der Waals surface area contributed by atoms with Crippen molar-refractivity contribution in [1.29, 1.82) is 0 Å². The molecule has 0 radical (unpaired) electrons. The molecule has 0 aliphatic heterocycles. The Balaban J connectivity index is 2.13. The van der Waals surface area contributed by atoms with Gasteiger partial charge < -0.3 is 10.5 Å². The number of aromatic nitrogens is 1. The number of nitrogens with zero attached hydrogens (tertiary/aromatic N) is 1. The molecule has 0 atom stereocenters. The highest BCUT2D eigenvalue weighted by Gasteiger charge is 2.04. The van der Waals surface area contributed by atoms with Crippen LogP contribution in [0.25, 0.3) is 0 Å². The minimum absolute atomic E-state index is 0.454. The summed E-state index contributed by atoms with van der Waals surface area (Å²) in [7, 11) is 0. The predicted octanol–water partition coefficient (Wildman–Crippen LogP) is 3.68. The third-order valence-corrected chi connectivity index (χ3v) is 2.87. The summed E-state index contributed by atoms with van der Waals surface area (Å²) in [5.41, 5.74) is 6.54. The molecule has 2 N–H and O–H groups in total. The van der Waals surface area contributed by atoms with Gasteiger partial charge in [-0.25, -0.2) is 4.98 Å². The molecule has 0 amide bonds. The Morgan fingerprint density at radius 3 is 2.61 bits per heavy atom. The molecular weight excluding hydrogens is 271 g/mol. The van der Waals surface area contributed by atoms with Crippen molar-refractivity contribution in [3.8, 4) is 11.6 Å². The molecule has 18 heavy (non-hydrogen) atoms. The van der Waals surface area contributed by atoms with Crippen LogP contribution in [0.1, 0.15) is 5.56 Å². The number of ether oxygens (including phenoxy) is 1. The standard InChI is InChI=1S/C13H12Cl2N2O/c14-10-2-3-12(11(15)7-10)18-13-4-1-9(5-6-16)8-17-13/h1-4,7-8H,5-6,16H2. The van der Waals surface area contributed by atoms with Crippen LogP contribution in [-0.2, 0) is 6.42 Å². The van der Waals surface area contributed by atoms with Crippen LogP contribution in [-0.4, -0.2) is 11.5 Å². The Morgan fingerprint density at radius 1 is 1.17 bits per heavy atom. The normalized spacial score (nSPS) is 10.4. The summed E-state index contributed by atoms with van der Waals surface area (Å²) in [6.45, 7) is 0.602. The van der Waals surface area contributed by atoms with Crippen molar-refractivity contribution < 1.29 is 4.74 Å². The van der Waals surface area contributed by atoms with Crippen molar-refractivity contribution in [2.24, 2.45) is 5.73 Å². The van der Waals surface area contributed by atoms with Crippen LogP contribution in [0.5, 0.6) is 11.6 Å². The molecule has 2 aromatic rings. The molecule has 0 aliphatic carbocycles. The van der Waals surface area contributed by atoms with E-state index in [9.17, 15) is 0 Å². The zero-order valence-corrected chi connectivity index (χ0v) is 11.1. The van der Waals surface area contributed by atoms with E-state index >= 15 is 0 Å². The largest absolute Gasteiger partial charge is 0.437 e. The molecule has 1 heterocycles. The minimum Gasteiger partial charge on any atom is -0.437 e. The SMILES string of the molecule is NCCc1ccc(Oc2ccc(Cl)cc2Cl)nc1. The molecule has 3 nitrogen and oxygen atoms in total. The summed E-state index contributed by atoms with van der Waals surface area (Å²) in [6, 6.07) is 8.77. The number of benzene rings is 1. The fourth-order valence-corrected chi connectivity index (χ4v) is 1.90. The monoisotopic (exact) mass is 282 g/mol. The lowest BCUT2D eigenvalue weighted by atomic mass is 10.2. The summed E-state index contributed by atoms with van der Waals surface area (Å²) in [5, 5.41) is 1.02. The summed E-state index contributed by atoms with van der Waals surface area (Å²) in [5.74, 6) is 1.01. The maximum atomic E-state index is 6.01. The number of hydrogen-bond acceptors (Lipinski definition) is 3. The van der Waals surface area contributed by atoms with Crippen molar-refractivity contribution in [2.45, 2.75) is 6.42 Å². The number of rotatable bonds is 4. The molecule has 0 spiro atoms. The van der Waals surface area contributed by atoms with Crippen molar-refractivity contribution >= 4 is 23.2 Å². The minimum atomic E-state index is 0.454. The van der Waals surface area contributed by atoms with Gasteiger partial charge in [0.05, 0.1) is 5.02 Å². The summed E-state index contributed by atoms with van der Waals surface area (Å²) < 4.78 is 5.56. The van der Waals surface area contributed by atoms with Crippen molar-refractivity contribution in [2.75, 3.05) is 6.54 Å². The molecule has 1 aromatic carbocycles. The smallest absolute Gasteiger partial charge is 0.219 e. The molecule has 0 unspecified atom stereocenters. The molecule has 2 rings (SSSR count). The van der Waals surface area contributed by atoms with Gasteiger partial charge in [0, 0.05) is 17.3 Å². The summed E-state index contributed by atoms with van der Waals surface area (Å²) in [6.07, 6.45) is 2.54. The fourth-order valence-electron chi connectivity index (χ4n) is 1.46. The Kier molecular flexibility index (Phi) is 4.42. The molecular formula is C13H12Cl2N2O. The van der Waals surface area contributed by atoms with E-state index in [2.05, 4.69) is 4.98 Å². The van der Waals surface area contributed by atoms with Gasteiger partial charge in [0.2, 0.25) is 5.88 Å². The van der Waals surface area contributed by atoms with E-state index in [0.717, 1.165) is 12.0 Å². The third-order valence-electron chi connectivity index (χ3n) is 2.34. The van der Waals surface area contributed by atoms with Gasteiger partial charge in [-0.2, -0.15) is 0 Å². The zero-order chi connectivity index (χ0) is 13.0. The highest BCUT2D eigenvalue weighted by Crippen LogP contribution is 2.30. The number of pyridine rings is 1. The third kappa shape index (κ3) is 3.35. The van der Waals surface area contributed by atoms with Gasteiger partial charge in [-0.05, 0) is 36.7 Å². The second kappa shape index (κ2) is 6.05. The molecule has 0 saturated heterocycles. The van der Waals surface area contributed by atoms with E-state index in [-0.39, 0.29) is 0 Å². The second-order valence-corrected chi connectivity index (χ2v) is 4.56. The quantitative estimate of drug-likeness (QED) is 0.931. The van der Waals surface area contributed by atoms with Gasteiger partial charge in [-0.15, -0.1) is 0 Å². The van der Waals surface area contributed by atoms with Gasteiger partial charge in [-0.1, -0.05) is 29.3 Å². The Morgan fingerprint density at radius 2 is 2.00 bits per heavy atom. The van der Waals surface area contributed by atoms with E-state index in [1.54, 1.807) is 30.5 Å². The van der Waals surface area contributed by atoms with E-state index in [4.69, 9.17) is 33.7 Å². The number of halogens is 2. The lowest BCUT2D eigenvalue weighted by molar-refractivity contribution is 0.463. The van der Waals surface area contributed by atoms with Crippen LogP contribution < -0.4 is 10.5 Å². The fraction of sp³-hybridized carbons (Fsp3) is 0.154. The van der Waals surface area contributed by atoms with Crippen molar-refractivity contribution in [3.63, 3.8) is 0 Å². The molecule has 94 valence electrons. The van der Waals surface area contributed by atoms with Crippen LogP contribution in [0.4, 0.5) is 0 Å².